The second kappa shape index (κ2) is 15.4. The van der Waals surface area contributed by atoms with Crippen LogP contribution in [0.1, 0.15) is 111 Å². The summed E-state index contributed by atoms with van der Waals surface area (Å²) in [5, 5.41) is 0. The van der Waals surface area contributed by atoms with Crippen LogP contribution in [0.3, 0.4) is 0 Å². The monoisotopic (exact) mass is 283 g/mol. The molecule has 0 saturated carbocycles. The zero-order chi connectivity index (χ0) is 15.1. The van der Waals surface area contributed by atoms with Gasteiger partial charge in [-0.15, -0.1) is 0 Å². The first-order chi connectivity index (χ1) is 9.72. The third-order valence-electron chi connectivity index (χ3n) is 4.63. The Kier molecular flexibility index (Phi) is 15.3. The van der Waals surface area contributed by atoms with Gasteiger partial charge in [0.2, 0.25) is 0 Å². The van der Waals surface area contributed by atoms with Crippen LogP contribution in [-0.4, -0.2) is 6.04 Å². The molecule has 0 heterocycles. The first-order valence-electron chi connectivity index (χ1n) is 9.47. The predicted molar refractivity (Wildman–Crippen MR) is 93.1 cm³/mol. The van der Waals surface area contributed by atoms with E-state index in [4.69, 9.17) is 5.73 Å². The van der Waals surface area contributed by atoms with Crippen LogP contribution in [0.15, 0.2) is 0 Å². The molecule has 0 aromatic carbocycles. The summed E-state index contributed by atoms with van der Waals surface area (Å²) in [6.45, 7) is 6.91. The molecule has 2 atom stereocenters. The molecule has 0 aromatic heterocycles. The van der Waals surface area contributed by atoms with Crippen LogP contribution in [0.2, 0.25) is 0 Å². The van der Waals surface area contributed by atoms with Gasteiger partial charge in [-0.1, -0.05) is 97.8 Å². The van der Waals surface area contributed by atoms with Crippen molar-refractivity contribution in [2.45, 2.75) is 117 Å². The molecule has 0 spiro atoms. The van der Waals surface area contributed by atoms with Gasteiger partial charge in [0.25, 0.3) is 0 Å². The average molecular weight is 284 g/mol. The molecule has 2 unspecified atom stereocenters. The van der Waals surface area contributed by atoms with Gasteiger partial charge in [0, 0.05) is 6.04 Å². The van der Waals surface area contributed by atoms with Crippen molar-refractivity contribution in [1.82, 2.24) is 0 Å². The van der Waals surface area contributed by atoms with Gasteiger partial charge in [-0.3, -0.25) is 0 Å². The highest BCUT2D eigenvalue weighted by Crippen LogP contribution is 2.18. The van der Waals surface area contributed by atoms with Gasteiger partial charge in [-0.2, -0.15) is 0 Å². The Labute approximate surface area is 129 Å². The summed E-state index contributed by atoms with van der Waals surface area (Å²) in [5.74, 6) is 0.719. The van der Waals surface area contributed by atoms with Crippen molar-refractivity contribution in [1.29, 1.82) is 0 Å². The number of nitrogens with two attached hydrogens (primary N) is 1. The zero-order valence-corrected chi connectivity index (χ0v) is 14.6. The number of hydrogen-bond donors (Lipinski definition) is 1. The molecule has 0 aliphatic rings. The lowest BCUT2D eigenvalue weighted by atomic mass is 9.91. The van der Waals surface area contributed by atoms with Crippen LogP contribution in [0.5, 0.6) is 0 Å². The summed E-state index contributed by atoms with van der Waals surface area (Å²) in [5.41, 5.74) is 6.32. The zero-order valence-electron chi connectivity index (χ0n) is 14.6. The molecule has 1 nitrogen and oxygen atoms in total. The van der Waals surface area contributed by atoms with E-state index in [1.165, 1.54) is 89.9 Å². The average Bonchev–Trinajstić information content (AvgIpc) is 2.45. The molecular formula is C19H41N. The lowest BCUT2D eigenvalue weighted by molar-refractivity contribution is 0.377. The van der Waals surface area contributed by atoms with E-state index >= 15 is 0 Å². The van der Waals surface area contributed by atoms with Crippen LogP contribution in [0, 0.1) is 5.92 Å². The Hall–Kier alpha value is -0.0400. The molecule has 0 amide bonds. The minimum atomic E-state index is 0.441. The van der Waals surface area contributed by atoms with E-state index < -0.39 is 0 Å². The maximum absolute atomic E-state index is 6.32. The highest BCUT2D eigenvalue weighted by Gasteiger charge is 2.11. The summed E-state index contributed by atoms with van der Waals surface area (Å²) in [4.78, 5) is 0. The summed E-state index contributed by atoms with van der Waals surface area (Å²) in [6, 6.07) is 0.441. The molecule has 0 fully saturated rings. The van der Waals surface area contributed by atoms with E-state index in [9.17, 15) is 0 Å². The van der Waals surface area contributed by atoms with Gasteiger partial charge in [-0.25, -0.2) is 0 Å². The molecule has 122 valence electrons. The standard InChI is InChI=1S/C19H41N/c1-4-6-8-10-11-13-15-17-19(20)18(3)16-14-12-9-7-5-2/h18-19H,4-17,20H2,1-3H3. The van der Waals surface area contributed by atoms with E-state index in [0.717, 1.165) is 5.92 Å². The minimum Gasteiger partial charge on any atom is -0.327 e. The third-order valence-corrected chi connectivity index (χ3v) is 4.63. The first kappa shape index (κ1) is 20.0. The van der Waals surface area contributed by atoms with E-state index in [-0.39, 0.29) is 0 Å². The fourth-order valence-electron chi connectivity index (χ4n) is 2.91. The Morgan fingerprint density at radius 1 is 0.600 bits per heavy atom. The lowest BCUT2D eigenvalue weighted by Gasteiger charge is -2.19. The fourth-order valence-corrected chi connectivity index (χ4v) is 2.91. The van der Waals surface area contributed by atoms with Gasteiger partial charge in [0.05, 0.1) is 0 Å². The SMILES string of the molecule is CCCCCCCCCC(N)C(C)CCCCCCC. The van der Waals surface area contributed by atoms with Crippen molar-refractivity contribution < 1.29 is 0 Å². The maximum atomic E-state index is 6.32. The molecule has 1 heteroatoms. The Morgan fingerprint density at radius 3 is 1.50 bits per heavy atom. The molecule has 2 N–H and O–H groups in total. The van der Waals surface area contributed by atoms with Crippen molar-refractivity contribution >= 4 is 0 Å². The van der Waals surface area contributed by atoms with E-state index in [2.05, 4.69) is 20.8 Å². The van der Waals surface area contributed by atoms with E-state index in [1.54, 1.807) is 0 Å². The van der Waals surface area contributed by atoms with Gasteiger partial charge < -0.3 is 5.73 Å². The Balaban J connectivity index is 3.34. The molecule has 0 saturated heterocycles. The predicted octanol–water partition coefficient (Wildman–Crippen LogP) is 6.45. The smallest absolute Gasteiger partial charge is 0.00645 e. The number of hydrogen-bond acceptors (Lipinski definition) is 1. The third kappa shape index (κ3) is 13.0. The van der Waals surface area contributed by atoms with Crippen molar-refractivity contribution in [3.8, 4) is 0 Å². The summed E-state index contributed by atoms with van der Waals surface area (Å²) in [7, 11) is 0. The highest BCUT2D eigenvalue weighted by molar-refractivity contribution is 4.69. The first-order valence-corrected chi connectivity index (χ1v) is 9.47. The van der Waals surface area contributed by atoms with Gasteiger partial charge >= 0.3 is 0 Å². The molecule has 0 aromatic rings. The molecule has 0 rings (SSSR count). The topological polar surface area (TPSA) is 26.0 Å². The molecule has 20 heavy (non-hydrogen) atoms. The van der Waals surface area contributed by atoms with Crippen molar-refractivity contribution in [3.05, 3.63) is 0 Å². The normalized spacial score (nSPS) is 14.4. The fraction of sp³-hybridized carbons (Fsp3) is 1.00. The van der Waals surface area contributed by atoms with Crippen molar-refractivity contribution in [2.75, 3.05) is 0 Å². The van der Waals surface area contributed by atoms with Crippen molar-refractivity contribution in [3.63, 3.8) is 0 Å². The van der Waals surface area contributed by atoms with Crippen LogP contribution in [0.25, 0.3) is 0 Å². The molecular weight excluding hydrogens is 242 g/mol. The molecule has 0 aliphatic heterocycles. The molecule has 0 bridgehead atoms. The lowest BCUT2D eigenvalue weighted by Crippen LogP contribution is -2.28. The minimum absolute atomic E-state index is 0.441. The number of rotatable bonds is 15. The highest BCUT2D eigenvalue weighted by atomic mass is 14.6. The van der Waals surface area contributed by atoms with E-state index in [0.29, 0.717) is 6.04 Å². The summed E-state index contributed by atoms with van der Waals surface area (Å²) in [6.07, 6.45) is 19.3. The molecule has 0 radical (unpaired) electrons. The summed E-state index contributed by atoms with van der Waals surface area (Å²) < 4.78 is 0. The van der Waals surface area contributed by atoms with Crippen LogP contribution >= 0.6 is 0 Å². The van der Waals surface area contributed by atoms with E-state index in [1.807, 2.05) is 0 Å². The van der Waals surface area contributed by atoms with Gasteiger partial charge in [-0.05, 0) is 18.8 Å². The summed E-state index contributed by atoms with van der Waals surface area (Å²) >= 11 is 0. The van der Waals surface area contributed by atoms with Crippen molar-refractivity contribution in [2.24, 2.45) is 11.7 Å². The van der Waals surface area contributed by atoms with Crippen LogP contribution in [-0.2, 0) is 0 Å². The molecule has 0 aliphatic carbocycles. The second-order valence-corrected chi connectivity index (χ2v) is 6.75. The van der Waals surface area contributed by atoms with Gasteiger partial charge in [0.15, 0.2) is 0 Å². The van der Waals surface area contributed by atoms with Crippen LogP contribution in [0.4, 0.5) is 0 Å². The maximum Gasteiger partial charge on any atom is 0.00645 e. The quantitative estimate of drug-likeness (QED) is 0.343. The van der Waals surface area contributed by atoms with Crippen LogP contribution < -0.4 is 5.73 Å². The van der Waals surface area contributed by atoms with Gasteiger partial charge in [0.1, 0.15) is 0 Å². The Morgan fingerprint density at radius 2 is 1.00 bits per heavy atom. The second-order valence-electron chi connectivity index (χ2n) is 6.75. The Bertz CT molecular complexity index is 179. The largest absolute Gasteiger partial charge is 0.327 e. The number of unbranched alkanes of at least 4 members (excludes halogenated alkanes) is 10.